The predicted octanol–water partition coefficient (Wildman–Crippen LogP) is 6.64. The summed E-state index contributed by atoms with van der Waals surface area (Å²) in [5.74, 6) is -2.37. The van der Waals surface area contributed by atoms with Crippen LogP contribution in [-0.4, -0.2) is 37.4 Å². The first-order valence-corrected chi connectivity index (χ1v) is 14.9. The maximum absolute atomic E-state index is 13.8. The summed E-state index contributed by atoms with van der Waals surface area (Å²) in [6, 6.07) is 10.3. The van der Waals surface area contributed by atoms with Crippen molar-refractivity contribution < 1.29 is 49.4 Å². The first kappa shape index (κ1) is 30.5. The van der Waals surface area contributed by atoms with E-state index in [0.717, 1.165) is 29.5 Å². The molecular formula is C28H23F5N2O6S2. The summed E-state index contributed by atoms with van der Waals surface area (Å²) in [5, 5.41) is 0.451. The molecule has 2 heterocycles. The number of thiazole rings is 1. The number of hydrogen-bond donors (Lipinski definition) is 1. The average molecular weight is 643 g/mol. The third-order valence-electron chi connectivity index (χ3n) is 6.84. The molecule has 1 aliphatic heterocycles. The Morgan fingerprint density at radius 2 is 1.79 bits per heavy atom. The Bertz CT molecular complexity index is 1800. The molecule has 0 fully saturated rings. The molecule has 0 radical (unpaired) electrons. The maximum Gasteiger partial charge on any atom is 0.516 e. The van der Waals surface area contributed by atoms with Gasteiger partial charge in [0.25, 0.3) is 0 Å². The standard InChI is InChI=1S/C28H23F5N2O6S2/c1-27(2)18(9-14-8-15(4-6-22(14)39-3)35-43(37,38)28(31,32)33)26(36)17-10-16(5-7-23(17)41-27)40-13-25-34-21-11-19(29)20(30)12-24(21)42-25/h4-8,10-12,18,35H,9,13H2,1-3H3. The Morgan fingerprint density at radius 1 is 1.07 bits per heavy atom. The molecule has 43 heavy (non-hydrogen) atoms. The van der Waals surface area contributed by atoms with Crippen LogP contribution in [-0.2, 0) is 23.1 Å². The molecule has 0 saturated heterocycles. The second-order valence-corrected chi connectivity index (χ2v) is 13.0. The summed E-state index contributed by atoms with van der Waals surface area (Å²) in [6.45, 7) is 3.33. The summed E-state index contributed by atoms with van der Waals surface area (Å²) in [7, 11) is -4.34. The SMILES string of the molecule is COc1ccc(NS(=O)(=O)C(F)(F)F)cc1CC1C(=O)c2cc(OCc3nc4cc(F)c(F)cc4s3)ccc2OC1(C)C. The van der Waals surface area contributed by atoms with Gasteiger partial charge in [-0.05, 0) is 68.3 Å². The van der Waals surface area contributed by atoms with Gasteiger partial charge in [-0.25, -0.2) is 13.8 Å². The monoisotopic (exact) mass is 642 g/mol. The molecular weight excluding hydrogens is 619 g/mol. The van der Waals surface area contributed by atoms with E-state index in [2.05, 4.69) is 4.98 Å². The Labute approximate surface area is 246 Å². The van der Waals surface area contributed by atoms with E-state index >= 15 is 0 Å². The summed E-state index contributed by atoms with van der Waals surface area (Å²) >= 11 is 1.13. The van der Waals surface area contributed by atoms with E-state index in [9.17, 15) is 35.2 Å². The average Bonchev–Trinajstić information content (AvgIpc) is 3.30. The van der Waals surface area contributed by atoms with Gasteiger partial charge in [-0.3, -0.25) is 9.52 Å². The molecule has 1 atom stereocenters. The Morgan fingerprint density at radius 3 is 2.49 bits per heavy atom. The lowest BCUT2D eigenvalue weighted by Gasteiger charge is -2.39. The molecule has 1 aliphatic rings. The van der Waals surface area contributed by atoms with Gasteiger partial charge in [-0.2, -0.15) is 21.6 Å². The molecule has 228 valence electrons. The summed E-state index contributed by atoms with van der Waals surface area (Å²) in [4.78, 5) is 18.0. The Balaban J connectivity index is 1.38. The molecule has 3 aromatic carbocycles. The number of rotatable bonds is 8. The lowest BCUT2D eigenvalue weighted by molar-refractivity contribution is -0.0429. The van der Waals surface area contributed by atoms with Crippen LogP contribution in [0.1, 0.15) is 34.8 Å². The largest absolute Gasteiger partial charge is 0.516 e. The fraction of sp³-hybridized carbons (Fsp3) is 0.286. The first-order chi connectivity index (χ1) is 20.1. The van der Waals surface area contributed by atoms with Crippen molar-refractivity contribution in [2.45, 2.75) is 38.0 Å². The summed E-state index contributed by atoms with van der Waals surface area (Å²) in [6.07, 6.45) is -0.0556. The van der Waals surface area contributed by atoms with Gasteiger partial charge in [-0.1, -0.05) is 0 Å². The minimum atomic E-state index is -5.67. The number of Topliss-reactive ketones (excluding diaryl/α,β-unsaturated/α-hetero) is 1. The molecule has 0 spiro atoms. The van der Waals surface area contributed by atoms with E-state index in [1.165, 1.54) is 30.0 Å². The number of nitrogens with one attached hydrogen (secondary N) is 1. The number of ketones is 1. The van der Waals surface area contributed by atoms with Crippen molar-refractivity contribution in [1.29, 1.82) is 0 Å². The molecule has 0 aliphatic carbocycles. The van der Waals surface area contributed by atoms with Crippen LogP contribution < -0.4 is 18.9 Å². The first-order valence-electron chi connectivity index (χ1n) is 12.6. The van der Waals surface area contributed by atoms with E-state index in [1.54, 1.807) is 26.0 Å². The van der Waals surface area contributed by atoms with E-state index < -0.39 is 38.7 Å². The molecule has 1 unspecified atom stereocenters. The minimum Gasteiger partial charge on any atom is -0.496 e. The quantitative estimate of drug-likeness (QED) is 0.215. The van der Waals surface area contributed by atoms with Crippen molar-refractivity contribution in [1.82, 2.24) is 4.98 Å². The zero-order valence-corrected chi connectivity index (χ0v) is 24.3. The van der Waals surface area contributed by atoms with Crippen LogP contribution in [0.4, 0.5) is 27.6 Å². The highest BCUT2D eigenvalue weighted by Crippen LogP contribution is 2.41. The summed E-state index contributed by atoms with van der Waals surface area (Å²) < 4.78 is 108. The zero-order valence-electron chi connectivity index (χ0n) is 22.7. The maximum atomic E-state index is 13.8. The molecule has 8 nitrogen and oxygen atoms in total. The summed E-state index contributed by atoms with van der Waals surface area (Å²) in [5.41, 5.74) is -6.18. The zero-order chi connectivity index (χ0) is 31.3. The van der Waals surface area contributed by atoms with Gasteiger partial charge in [0.1, 0.15) is 34.5 Å². The number of benzene rings is 3. The van der Waals surface area contributed by atoms with Crippen LogP contribution in [0.2, 0.25) is 0 Å². The van der Waals surface area contributed by atoms with Gasteiger partial charge in [0.05, 0.1) is 28.8 Å². The number of anilines is 1. The number of carbonyl (C=O) groups excluding carboxylic acids is 1. The normalized spacial score (nSPS) is 16.5. The van der Waals surface area contributed by atoms with Gasteiger partial charge in [0.15, 0.2) is 17.4 Å². The van der Waals surface area contributed by atoms with Crippen molar-refractivity contribution in [3.05, 3.63) is 76.3 Å². The number of sulfonamides is 1. The molecule has 1 N–H and O–H groups in total. The number of nitrogens with zero attached hydrogens (tertiary/aromatic N) is 1. The van der Waals surface area contributed by atoms with Gasteiger partial charge in [0, 0.05) is 11.8 Å². The van der Waals surface area contributed by atoms with Crippen molar-refractivity contribution >= 4 is 43.0 Å². The number of halogens is 5. The fourth-order valence-electron chi connectivity index (χ4n) is 4.69. The van der Waals surface area contributed by atoms with Crippen LogP contribution in [0, 0.1) is 17.6 Å². The number of methoxy groups -OCH3 is 1. The molecule has 15 heteroatoms. The smallest absolute Gasteiger partial charge is 0.496 e. The lowest BCUT2D eigenvalue weighted by Crippen LogP contribution is -2.47. The van der Waals surface area contributed by atoms with Gasteiger partial charge < -0.3 is 14.2 Å². The highest BCUT2D eigenvalue weighted by Gasteiger charge is 2.46. The number of alkyl halides is 3. The van der Waals surface area contributed by atoms with E-state index in [4.69, 9.17) is 14.2 Å². The van der Waals surface area contributed by atoms with Crippen molar-refractivity contribution in [2.75, 3.05) is 11.8 Å². The van der Waals surface area contributed by atoms with Crippen LogP contribution in [0.3, 0.4) is 0 Å². The van der Waals surface area contributed by atoms with E-state index in [0.29, 0.717) is 21.2 Å². The van der Waals surface area contributed by atoms with Crippen molar-refractivity contribution in [2.24, 2.45) is 5.92 Å². The van der Waals surface area contributed by atoms with Crippen LogP contribution in [0.25, 0.3) is 10.2 Å². The third-order valence-corrected chi connectivity index (χ3v) is 8.95. The molecule has 4 aromatic rings. The minimum absolute atomic E-state index is 0.0385. The molecule has 5 rings (SSSR count). The third kappa shape index (κ3) is 6.09. The predicted molar refractivity (Wildman–Crippen MR) is 148 cm³/mol. The Hall–Kier alpha value is -3.98. The molecule has 1 aromatic heterocycles. The number of fused-ring (bicyclic) bond motifs is 2. The van der Waals surface area contributed by atoms with Crippen LogP contribution in [0.15, 0.2) is 48.5 Å². The second-order valence-electron chi connectivity index (χ2n) is 10.2. The number of carbonyl (C=O) groups is 1. The van der Waals surface area contributed by atoms with Gasteiger partial charge in [-0.15, -0.1) is 11.3 Å². The van der Waals surface area contributed by atoms with E-state index in [1.807, 2.05) is 0 Å². The topological polar surface area (TPSA) is 104 Å². The molecule has 0 bridgehead atoms. The highest BCUT2D eigenvalue weighted by atomic mass is 32.2. The Kier molecular flexibility index (Phi) is 7.75. The van der Waals surface area contributed by atoms with Crippen LogP contribution >= 0.6 is 11.3 Å². The van der Waals surface area contributed by atoms with Gasteiger partial charge in [0.2, 0.25) is 0 Å². The van der Waals surface area contributed by atoms with Crippen LogP contribution in [0.5, 0.6) is 17.2 Å². The lowest BCUT2D eigenvalue weighted by atomic mass is 9.77. The van der Waals surface area contributed by atoms with Crippen molar-refractivity contribution in [3.63, 3.8) is 0 Å². The number of ether oxygens (including phenoxy) is 3. The van der Waals surface area contributed by atoms with Crippen molar-refractivity contribution in [3.8, 4) is 17.2 Å². The van der Waals surface area contributed by atoms with E-state index in [-0.39, 0.29) is 46.9 Å². The van der Waals surface area contributed by atoms with Gasteiger partial charge >= 0.3 is 15.5 Å². The number of hydrogen-bond acceptors (Lipinski definition) is 8. The number of aromatic nitrogens is 1. The second kappa shape index (κ2) is 10.9. The molecule has 0 saturated carbocycles. The molecule has 0 amide bonds. The fourth-order valence-corrected chi connectivity index (χ4v) is 6.13. The highest BCUT2D eigenvalue weighted by molar-refractivity contribution is 7.93.